The molecule has 0 spiro atoms. The number of halogens is 1. The Bertz CT molecular complexity index is 596. The monoisotopic (exact) mass is 276 g/mol. The van der Waals surface area contributed by atoms with Crippen molar-refractivity contribution in [1.82, 2.24) is 4.90 Å². The lowest BCUT2D eigenvalue weighted by molar-refractivity contribution is -0.149. The molecule has 1 N–H and O–H groups in total. The molecule has 1 heterocycles. The fourth-order valence-electron chi connectivity index (χ4n) is 2.21. The Labute approximate surface area is 115 Å². The van der Waals surface area contributed by atoms with Crippen molar-refractivity contribution in [3.63, 3.8) is 0 Å². The first-order valence-electron chi connectivity index (χ1n) is 6.14. The Morgan fingerprint density at radius 1 is 1.50 bits per heavy atom. The minimum absolute atomic E-state index is 0.0735. The molecule has 1 aromatic rings. The number of hydrogen-bond donors (Lipinski definition) is 1. The highest BCUT2D eigenvalue weighted by Gasteiger charge is 2.46. The standard InChI is InChI=1S/C14H13FN2O3/c15-14(13(19)20)5-7-17(9-14)12(18)11-3-1-2-10(8-11)4-6-16/h1-3,8H,4-5,7,9H2,(H,19,20). The summed E-state index contributed by atoms with van der Waals surface area (Å²) in [6, 6.07) is 8.50. The maximum atomic E-state index is 13.9. The predicted molar refractivity (Wildman–Crippen MR) is 67.8 cm³/mol. The van der Waals surface area contributed by atoms with Gasteiger partial charge in [-0.2, -0.15) is 5.26 Å². The lowest BCUT2D eigenvalue weighted by Crippen LogP contribution is -2.38. The van der Waals surface area contributed by atoms with Crippen LogP contribution in [0.1, 0.15) is 22.3 Å². The Kier molecular flexibility index (Phi) is 3.70. The van der Waals surface area contributed by atoms with Crippen molar-refractivity contribution < 1.29 is 19.1 Å². The minimum Gasteiger partial charge on any atom is -0.479 e. The minimum atomic E-state index is -2.36. The van der Waals surface area contributed by atoms with Crippen LogP contribution < -0.4 is 0 Å². The van der Waals surface area contributed by atoms with E-state index in [9.17, 15) is 14.0 Å². The molecule has 104 valence electrons. The van der Waals surface area contributed by atoms with Crippen molar-refractivity contribution in [3.8, 4) is 6.07 Å². The number of nitriles is 1. The van der Waals surface area contributed by atoms with Gasteiger partial charge in [0.2, 0.25) is 5.67 Å². The molecule has 0 saturated carbocycles. The highest BCUT2D eigenvalue weighted by molar-refractivity contribution is 5.95. The van der Waals surface area contributed by atoms with Crippen molar-refractivity contribution in [1.29, 1.82) is 5.26 Å². The van der Waals surface area contributed by atoms with E-state index in [1.54, 1.807) is 24.3 Å². The first kappa shape index (κ1) is 14.0. The smallest absolute Gasteiger partial charge is 0.343 e. The number of likely N-dealkylation sites (tertiary alicyclic amines) is 1. The van der Waals surface area contributed by atoms with Gasteiger partial charge in [-0.3, -0.25) is 4.79 Å². The predicted octanol–water partition coefficient (Wildman–Crippen LogP) is 1.39. The molecule has 6 heteroatoms. The molecule has 1 fully saturated rings. The highest BCUT2D eigenvalue weighted by atomic mass is 19.1. The Morgan fingerprint density at radius 2 is 2.25 bits per heavy atom. The first-order valence-corrected chi connectivity index (χ1v) is 6.14. The molecule has 0 radical (unpaired) electrons. The molecular weight excluding hydrogens is 263 g/mol. The number of benzene rings is 1. The van der Waals surface area contributed by atoms with Gasteiger partial charge in [-0.1, -0.05) is 12.1 Å². The van der Waals surface area contributed by atoms with Crippen LogP contribution in [-0.4, -0.2) is 40.6 Å². The molecule has 0 aliphatic carbocycles. The summed E-state index contributed by atoms with van der Waals surface area (Å²) in [4.78, 5) is 24.2. The van der Waals surface area contributed by atoms with E-state index in [0.29, 0.717) is 11.1 Å². The molecule has 1 unspecified atom stereocenters. The third-order valence-corrected chi connectivity index (χ3v) is 3.35. The SMILES string of the molecule is N#CCc1cccc(C(=O)N2CCC(F)(C(=O)O)C2)c1. The Morgan fingerprint density at radius 3 is 2.85 bits per heavy atom. The molecule has 1 aromatic carbocycles. The van der Waals surface area contributed by atoms with Crippen LogP contribution in [0.4, 0.5) is 4.39 Å². The summed E-state index contributed by atoms with van der Waals surface area (Å²) in [5.41, 5.74) is -1.32. The van der Waals surface area contributed by atoms with E-state index < -0.39 is 24.1 Å². The molecule has 1 atom stereocenters. The van der Waals surface area contributed by atoms with Crippen LogP contribution in [0.25, 0.3) is 0 Å². The summed E-state index contributed by atoms with van der Waals surface area (Å²) >= 11 is 0. The van der Waals surface area contributed by atoms with Gasteiger partial charge in [0, 0.05) is 18.5 Å². The van der Waals surface area contributed by atoms with Gasteiger partial charge < -0.3 is 10.0 Å². The number of nitrogens with zero attached hydrogens (tertiary/aromatic N) is 2. The molecule has 1 aliphatic rings. The summed E-state index contributed by atoms with van der Waals surface area (Å²) in [7, 11) is 0. The summed E-state index contributed by atoms with van der Waals surface area (Å²) < 4.78 is 13.9. The fourth-order valence-corrected chi connectivity index (χ4v) is 2.21. The third-order valence-electron chi connectivity index (χ3n) is 3.35. The third kappa shape index (κ3) is 2.62. The zero-order valence-electron chi connectivity index (χ0n) is 10.7. The van der Waals surface area contributed by atoms with Gasteiger partial charge >= 0.3 is 5.97 Å². The second-order valence-electron chi connectivity index (χ2n) is 4.78. The number of hydrogen-bond acceptors (Lipinski definition) is 3. The number of carbonyl (C=O) groups is 2. The summed E-state index contributed by atoms with van der Waals surface area (Å²) in [5, 5.41) is 17.4. The maximum absolute atomic E-state index is 13.9. The lowest BCUT2D eigenvalue weighted by Gasteiger charge is -2.18. The number of carboxylic acids is 1. The molecule has 0 aromatic heterocycles. The van der Waals surface area contributed by atoms with Crippen LogP contribution in [0.15, 0.2) is 24.3 Å². The largest absolute Gasteiger partial charge is 0.479 e. The molecule has 1 amide bonds. The van der Waals surface area contributed by atoms with Gasteiger partial charge in [-0.05, 0) is 17.7 Å². The quantitative estimate of drug-likeness (QED) is 0.904. The zero-order chi connectivity index (χ0) is 14.8. The van der Waals surface area contributed by atoms with Crippen LogP contribution in [0.2, 0.25) is 0 Å². The van der Waals surface area contributed by atoms with E-state index in [2.05, 4.69) is 0 Å². The van der Waals surface area contributed by atoms with Gasteiger partial charge in [0.15, 0.2) is 0 Å². The number of aliphatic carboxylic acids is 1. The summed E-state index contributed by atoms with van der Waals surface area (Å²) in [5.74, 6) is -1.95. The van der Waals surface area contributed by atoms with Crippen LogP contribution in [0, 0.1) is 11.3 Å². The van der Waals surface area contributed by atoms with E-state index in [0.717, 1.165) is 0 Å². The Hall–Kier alpha value is -2.42. The molecule has 0 bridgehead atoms. The molecule has 2 rings (SSSR count). The van der Waals surface area contributed by atoms with Gasteiger partial charge in [-0.25, -0.2) is 9.18 Å². The molecule has 1 aliphatic heterocycles. The van der Waals surface area contributed by atoms with Gasteiger partial charge in [-0.15, -0.1) is 0 Å². The van der Waals surface area contributed by atoms with Crippen molar-refractivity contribution >= 4 is 11.9 Å². The molecule has 1 saturated heterocycles. The van der Waals surface area contributed by atoms with Crippen molar-refractivity contribution in [2.45, 2.75) is 18.5 Å². The van der Waals surface area contributed by atoms with Crippen molar-refractivity contribution in [2.75, 3.05) is 13.1 Å². The molecular formula is C14H13FN2O3. The van der Waals surface area contributed by atoms with E-state index in [-0.39, 0.29) is 19.4 Å². The van der Waals surface area contributed by atoms with E-state index in [1.807, 2.05) is 6.07 Å². The second-order valence-corrected chi connectivity index (χ2v) is 4.78. The van der Waals surface area contributed by atoms with Crippen LogP contribution in [0.3, 0.4) is 0 Å². The average Bonchev–Trinajstić information content (AvgIpc) is 2.83. The Balaban J connectivity index is 2.15. The van der Waals surface area contributed by atoms with E-state index in [4.69, 9.17) is 10.4 Å². The molecule has 5 nitrogen and oxygen atoms in total. The first-order chi connectivity index (χ1) is 9.46. The highest BCUT2D eigenvalue weighted by Crippen LogP contribution is 2.27. The topological polar surface area (TPSA) is 81.4 Å². The number of rotatable bonds is 3. The maximum Gasteiger partial charge on any atom is 0.343 e. The molecule has 20 heavy (non-hydrogen) atoms. The van der Waals surface area contributed by atoms with Gasteiger partial charge in [0.25, 0.3) is 5.91 Å². The van der Waals surface area contributed by atoms with Gasteiger partial charge in [0.1, 0.15) is 0 Å². The van der Waals surface area contributed by atoms with E-state index in [1.165, 1.54) is 4.90 Å². The number of amides is 1. The average molecular weight is 276 g/mol. The second kappa shape index (κ2) is 5.29. The lowest BCUT2D eigenvalue weighted by atomic mass is 10.1. The zero-order valence-corrected chi connectivity index (χ0v) is 10.7. The normalized spacial score (nSPS) is 21.5. The van der Waals surface area contributed by atoms with Gasteiger partial charge in [0.05, 0.1) is 19.0 Å². The van der Waals surface area contributed by atoms with Crippen molar-refractivity contribution in [3.05, 3.63) is 35.4 Å². The number of alkyl halides is 1. The fraction of sp³-hybridized carbons (Fsp3) is 0.357. The summed E-state index contributed by atoms with van der Waals surface area (Å²) in [6.07, 6.45) is -0.0186. The summed E-state index contributed by atoms with van der Waals surface area (Å²) in [6.45, 7) is -0.367. The van der Waals surface area contributed by atoms with Crippen LogP contribution in [0.5, 0.6) is 0 Å². The number of carboxylic acid groups (broad SMARTS) is 1. The van der Waals surface area contributed by atoms with Crippen LogP contribution in [-0.2, 0) is 11.2 Å². The number of carbonyl (C=O) groups excluding carboxylic acids is 1. The van der Waals surface area contributed by atoms with Crippen molar-refractivity contribution in [2.24, 2.45) is 0 Å². The van der Waals surface area contributed by atoms with E-state index >= 15 is 0 Å². The van der Waals surface area contributed by atoms with Crippen LogP contribution >= 0.6 is 0 Å².